The Kier molecular flexibility index (Phi) is 7.70. The van der Waals surface area contributed by atoms with Crippen LogP contribution in [0.15, 0.2) is 47.6 Å². The minimum Gasteiger partial charge on any atom is -0.465 e. The van der Waals surface area contributed by atoms with E-state index in [9.17, 15) is 9.59 Å². The summed E-state index contributed by atoms with van der Waals surface area (Å²) >= 11 is 0. The predicted molar refractivity (Wildman–Crippen MR) is 126 cm³/mol. The van der Waals surface area contributed by atoms with Crippen LogP contribution in [0.4, 0.5) is 5.69 Å². The average Bonchev–Trinajstić information content (AvgIpc) is 2.84. The Morgan fingerprint density at radius 1 is 1.09 bits per heavy atom. The van der Waals surface area contributed by atoms with Gasteiger partial charge in [0.2, 0.25) is 0 Å². The van der Waals surface area contributed by atoms with Crippen LogP contribution in [-0.4, -0.2) is 74.0 Å². The van der Waals surface area contributed by atoms with Crippen LogP contribution in [0.1, 0.15) is 34.0 Å². The third-order valence-corrected chi connectivity index (χ3v) is 5.74. The van der Waals surface area contributed by atoms with Crippen molar-refractivity contribution in [3.8, 4) is 0 Å². The summed E-state index contributed by atoms with van der Waals surface area (Å²) < 4.78 is 10.4. The van der Waals surface area contributed by atoms with Gasteiger partial charge in [-0.1, -0.05) is 18.2 Å². The maximum absolute atomic E-state index is 12.7. The highest BCUT2D eigenvalue weighted by atomic mass is 16.5. The van der Waals surface area contributed by atoms with Gasteiger partial charge in [0.05, 0.1) is 45.7 Å². The van der Waals surface area contributed by atoms with Gasteiger partial charge in [0.1, 0.15) is 0 Å². The van der Waals surface area contributed by atoms with Crippen LogP contribution in [0.2, 0.25) is 0 Å². The molecule has 0 unspecified atom stereocenters. The molecule has 1 amide bonds. The Balaban J connectivity index is 1.32. The molecule has 0 bridgehead atoms. The van der Waals surface area contributed by atoms with Gasteiger partial charge in [-0.15, -0.1) is 0 Å². The van der Waals surface area contributed by atoms with E-state index in [0.717, 1.165) is 37.3 Å². The van der Waals surface area contributed by atoms with E-state index in [1.165, 1.54) is 11.1 Å². The van der Waals surface area contributed by atoms with E-state index in [-0.39, 0.29) is 11.9 Å². The highest BCUT2D eigenvalue weighted by Gasteiger charge is 2.19. The van der Waals surface area contributed by atoms with E-state index >= 15 is 0 Å². The summed E-state index contributed by atoms with van der Waals surface area (Å²) in [5, 5.41) is 9.44. The molecule has 2 heterocycles. The fourth-order valence-corrected chi connectivity index (χ4v) is 3.95. The summed E-state index contributed by atoms with van der Waals surface area (Å²) in [6.07, 6.45) is 2.64. The number of carbonyl (C=O) groups excluding carboxylic acids is 2. The molecule has 8 heteroatoms. The molecule has 1 fully saturated rings. The predicted octanol–water partition coefficient (Wildman–Crippen LogP) is 2.53. The highest BCUT2D eigenvalue weighted by molar-refractivity contribution is 6.04. The van der Waals surface area contributed by atoms with Crippen molar-refractivity contribution in [1.29, 1.82) is 0 Å². The van der Waals surface area contributed by atoms with Crippen molar-refractivity contribution in [2.24, 2.45) is 5.10 Å². The van der Waals surface area contributed by atoms with Crippen LogP contribution in [-0.2, 0) is 27.2 Å². The van der Waals surface area contributed by atoms with Crippen molar-refractivity contribution >= 4 is 23.8 Å². The van der Waals surface area contributed by atoms with Crippen molar-refractivity contribution in [2.75, 3.05) is 51.3 Å². The summed E-state index contributed by atoms with van der Waals surface area (Å²) in [6.45, 7) is 7.00. The maximum atomic E-state index is 12.7. The molecule has 0 spiro atoms. The largest absolute Gasteiger partial charge is 0.465 e. The van der Waals surface area contributed by atoms with E-state index < -0.39 is 0 Å². The minimum atomic E-state index is -0.191. The Hall–Kier alpha value is -3.23. The van der Waals surface area contributed by atoms with E-state index in [0.29, 0.717) is 38.5 Å². The van der Waals surface area contributed by atoms with Gasteiger partial charge in [0, 0.05) is 24.3 Å². The topological polar surface area (TPSA) is 83.5 Å². The Morgan fingerprint density at radius 2 is 1.88 bits per heavy atom. The van der Waals surface area contributed by atoms with Gasteiger partial charge in [-0.2, -0.15) is 5.10 Å². The third kappa shape index (κ3) is 6.40. The monoisotopic (exact) mass is 450 g/mol. The number of morpholine rings is 1. The zero-order valence-corrected chi connectivity index (χ0v) is 19.0. The lowest BCUT2D eigenvalue weighted by Gasteiger charge is -2.28. The number of nitrogens with zero attached hydrogens (tertiary/aromatic N) is 3. The van der Waals surface area contributed by atoms with Crippen LogP contribution < -0.4 is 5.32 Å². The van der Waals surface area contributed by atoms with Gasteiger partial charge in [-0.05, 0) is 54.3 Å². The number of hydrogen-bond acceptors (Lipinski definition) is 7. The number of esters is 1. The molecule has 0 aliphatic carbocycles. The molecule has 8 nitrogen and oxygen atoms in total. The molecule has 0 atom stereocenters. The van der Waals surface area contributed by atoms with Gasteiger partial charge >= 0.3 is 5.97 Å². The van der Waals surface area contributed by atoms with Crippen molar-refractivity contribution < 1.29 is 19.1 Å². The van der Waals surface area contributed by atoms with Gasteiger partial charge in [-0.3, -0.25) is 19.5 Å². The first-order valence-electron chi connectivity index (χ1n) is 11.4. The number of hydrogen-bond donors (Lipinski definition) is 1. The normalized spacial score (nSPS) is 16.5. The molecule has 2 aliphatic rings. The fraction of sp³-hybridized carbons (Fsp3) is 0.400. The second-order valence-corrected chi connectivity index (χ2v) is 8.14. The Bertz CT molecular complexity index is 1000. The number of rotatable bonds is 7. The number of fused-ring (bicyclic) bond motifs is 1. The van der Waals surface area contributed by atoms with Crippen molar-refractivity contribution in [2.45, 2.75) is 19.9 Å². The number of nitrogens with one attached hydrogen (secondary N) is 1. The average molecular weight is 451 g/mol. The summed E-state index contributed by atoms with van der Waals surface area (Å²) in [7, 11) is 0. The summed E-state index contributed by atoms with van der Waals surface area (Å²) in [5.74, 6) is -0.338. The number of ether oxygens (including phenoxy) is 2. The SMILES string of the molecule is CCOC(=O)CN1CCc2cc(NC(=O)c3ccc(/C=N/N4CCOCC4)cc3)ccc2C1. The molecule has 1 N–H and O–H groups in total. The standard InChI is InChI=1S/C25H30N4O4/c1-2-33-24(30)18-28-10-9-21-15-23(8-7-22(21)17-28)27-25(31)20-5-3-19(4-6-20)16-26-29-11-13-32-14-12-29/h3-8,15-16H,2,9-14,17-18H2,1H3,(H,27,31)/b26-16+. The zero-order valence-electron chi connectivity index (χ0n) is 19.0. The first-order valence-corrected chi connectivity index (χ1v) is 11.4. The number of anilines is 1. The Morgan fingerprint density at radius 3 is 2.64 bits per heavy atom. The number of carbonyl (C=O) groups is 2. The molecule has 2 aliphatic heterocycles. The molecule has 33 heavy (non-hydrogen) atoms. The molecular formula is C25H30N4O4. The lowest BCUT2D eigenvalue weighted by atomic mass is 9.99. The molecule has 2 aromatic carbocycles. The van der Waals surface area contributed by atoms with E-state index in [2.05, 4.69) is 15.3 Å². The van der Waals surface area contributed by atoms with Crippen LogP contribution in [0.3, 0.4) is 0 Å². The zero-order chi connectivity index (χ0) is 23.0. The summed E-state index contributed by atoms with van der Waals surface area (Å²) in [6, 6.07) is 13.4. The van der Waals surface area contributed by atoms with Crippen molar-refractivity contribution in [3.05, 3.63) is 64.7 Å². The number of hydrazone groups is 1. The van der Waals surface area contributed by atoms with Crippen LogP contribution >= 0.6 is 0 Å². The van der Waals surface area contributed by atoms with Crippen LogP contribution in [0, 0.1) is 0 Å². The van der Waals surface area contributed by atoms with Crippen molar-refractivity contribution in [1.82, 2.24) is 9.91 Å². The van der Waals surface area contributed by atoms with E-state index in [1.54, 1.807) is 0 Å². The van der Waals surface area contributed by atoms with Gasteiger partial charge in [-0.25, -0.2) is 0 Å². The van der Waals surface area contributed by atoms with E-state index in [1.807, 2.05) is 60.6 Å². The number of amides is 1. The number of benzene rings is 2. The highest BCUT2D eigenvalue weighted by Crippen LogP contribution is 2.23. The molecule has 1 saturated heterocycles. The fourth-order valence-electron chi connectivity index (χ4n) is 3.95. The first kappa shape index (κ1) is 22.9. The first-order chi connectivity index (χ1) is 16.1. The third-order valence-electron chi connectivity index (χ3n) is 5.74. The quantitative estimate of drug-likeness (QED) is 0.516. The molecule has 0 aromatic heterocycles. The minimum absolute atomic E-state index is 0.147. The molecule has 4 rings (SSSR count). The molecule has 2 aromatic rings. The maximum Gasteiger partial charge on any atom is 0.320 e. The van der Waals surface area contributed by atoms with Crippen molar-refractivity contribution in [3.63, 3.8) is 0 Å². The second-order valence-electron chi connectivity index (χ2n) is 8.14. The smallest absolute Gasteiger partial charge is 0.320 e. The lowest BCUT2D eigenvalue weighted by Crippen LogP contribution is -2.35. The van der Waals surface area contributed by atoms with Gasteiger partial charge in [0.15, 0.2) is 0 Å². The molecular weight excluding hydrogens is 420 g/mol. The second kappa shape index (κ2) is 11.1. The Labute approximate surface area is 194 Å². The van der Waals surface area contributed by atoms with Crippen LogP contribution in [0.25, 0.3) is 0 Å². The van der Waals surface area contributed by atoms with Gasteiger partial charge in [0.25, 0.3) is 5.91 Å². The summed E-state index contributed by atoms with van der Waals surface area (Å²) in [5.41, 5.74) is 4.68. The molecule has 0 radical (unpaired) electrons. The van der Waals surface area contributed by atoms with E-state index in [4.69, 9.17) is 9.47 Å². The molecule has 174 valence electrons. The summed E-state index contributed by atoms with van der Waals surface area (Å²) in [4.78, 5) is 26.5. The lowest BCUT2D eigenvalue weighted by molar-refractivity contribution is -0.144. The molecule has 0 saturated carbocycles. The van der Waals surface area contributed by atoms with Gasteiger partial charge < -0.3 is 14.8 Å². The van der Waals surface area contributed by atoms with Crippen LogP contribution in [0.5, 0.6) is 0 Å².